The second kappa shape index (κ2) is 8.59. The Kier molecular flexibility index (Phi) is 5.46. The van der Waals surface area contributed by atoms with Crippen LogP contribution in [0.4, 0.5) is 5.69 Å². The lowest BCUT2D eigenvalue weighted by Crippen LogP contribution is -2.29. The average Bonchev–Trinajstić information content (AvgIpc) is 3.47. The smallest absolute Gasteiger partial charge is 0.0897 e. The lowest BCUT2D eigenvalue weighted by Gasteiger charge is -2.36. The van der Waals surface area contributed by atoms with E-state index in [-0.39, 0.29) is 12.1 Å². The van der Waals surface area contributed by atoms with Crippen LogP contribution < -0.4 is 5.32 Å². The summed E-state index contributed by atoms with van der Waals surface area (Å²) in [5.41, 5.74) is 6.01. The van der Waals surface area contributed by atoms with E-state index < -0.39 is 0 Å². The van der Waals surface area contributed by atoms with Crippen molar-refractivity contribution in [1.29, 1.82) is 0 Å². The third-order valence-corrected chi connectivity index (χ3v) is 7.72. The molecule has 32 heavy (non-hydrogen) atoms. The van der Waals surface area contributed by atoms with Gasteiger partial charge >= 0.3 is 0 Å². The van der Waals surface area contributed by atoms with E-state index in [1.54, 1.807) is 0 Å². The van der Waals surface area contributed by atoms with Crippen molar-refractivity contribution in [1.82, 2.24) is 9.88 Å². The van der Waals surface area contributed by atoms with Crippen LogP contribution in [0.1, 0.15) is 54.5 Å². The van der Waals surface area contributed by atoms with E-state index in [0.29, 0.717) is 5.92 Å². The maximum atomic E-state index is 6.29. The highest BCUT2D eigenvalue weighted by Crippen LogP contribution is 2.51. The fourth-order valence-electron chi connectivity index (χ4n) is 5.60. The Labute approximate surface area is 197 Å². The molecule has 164 valence electrons. The largest absolute Gasteiger partial charge is 0.377 e. The Balaban J connectivity index is 1.29. The number of rotatable bonds is 2. The molecular formula is C27H28BrN3O. The van der Waals surface area contributed by atoms with Crippen molar-refractivity contribution >= 4 is 32.5 Å². The van der Waals surface area contributed by atoms with Gasteiger partial charge in [-0.1, -0.05) is 34.2 Å². The number of fused-ring (bicyclic) bond motifs is 4. The number of benzene rings is 2. The zero-order chi connectivity index (χ0) is 21.5. The van der Waals surface area contributed by atoms with E-state index in [2.05, 4.69) is 85.6 Å². The monoisotopic (exact) mass is 489 g/mol. The number of ether oxygens (including phenoxy) is 1. The third-order valence-electron chi connectivity index (χ3n) is 7.23. The first-order valence-corrected chi connectivity index (χ1v) is 12.6. The molecule has 4 heterocycles. The molecule has 4 nitrogen and oxygen atoms in total. The summed E-state index contributed by atoms with van der Waals surface area (Å²) in [6.45, 7) is 4.05. The Bertz CT molecular complexity index is 1200. The minimum absolute atomic E-state index is 0.122. The van der Waals surface area contributed by atoms with Gasteiger partial charge in [0.15, 0.2) is 0 Å². The number of hydrogen-bond donors (Lipinski definition) is 2. The van der Waals surface area contributed by atoms with Gasteiger partial charge in [0.2, 0.25) is 0 Å². The van der Waals surface area contributed by atoms with Crippen molar-refractivity contribution in [2.45, 2.75) is 37.8 Å². The fourth-order valence-corrected chi connectivity index (χ4v) is 5.96. The Morgan fingerprint density at radius 1 is 1.06 bits per heavy atom. The molecule has 3 aromatic rings. The normalized spacial score (nSPS) is 25.0. The van der Waals surface area contributed by atoms with Gasteiger partial charge in [-0.15, -0.1) is 0 Å². The number of halogens is 1. The van der Waals surface area contributed by atoms with Gasteiger partial charge in [-0.2, -0.15) is 0 Å². The molecule has 0 amide bonds. The topological polar surface area (TPSA) is 40.3 Å². The molecule has 2 saturated heterocycles. The van der Waals surface area contributed by atoms with Crippen molar-refractivity contribution in [3.8, 4) is 11.8 Å². The van der Waals surface area contributed by atoms with Gasteiger partial charge in [0.25, 0.3) is 0 Å². The fraction of sp³-hybridized carbons (Fsp3) is 0.407. The molecule has 6 rings (SSSR count). The molecule has 5 heteroatoms. The number of nitrogens with one attached hydrogen (secondary N) is 2. The quantitative estimate of drug-likeness (QED) is 0.432. The molecule has 3 aliphatic heterocycles. The number of hydrogen-bond acceptors (Lipinski definition) is 3. The van der Waals surface area contributed by atoms with Crippen LogP contribution in [-0.2, 0) is 4.74 Å². The average molecular weight is 490 g/mol. The highest BCUT2D eigenvalue weighted by atomic mass is 79.9. The molecule has 3 aliphatic rings. The molecule has 0 radical (unpaired) electrons. The highest BCUT2D eigenvalue weighted by molar-refractivity contribution is 9.10. The minimum atomic E-state index is 0.122. The van der Waals surface area contributed by atoms with Crippen LogP contribution in [-0.4, -0.2) is 36.1 Å². The Morgan fingerprint density at radius 2 is 1.97 bits per heavy atom. The molecule has 0 bridgehead atoms. The van der Waals surface area contributed by atoms with E-state index >= 15 is 0 Å². The highest BCUT2D eigenvalue weighted by Gasteiger charge is 2.42. The Morgan fingerprint density at radius 3 is 2.88 bits per heavy atom. The van der Waals surface area contributed by atoms with Gasteiger partial charge < -0.3 is 15.0 Å². The van der Waals surface area contributed by atoms with Gasteiger partial charge in [-0.3, -0.25) is 4.90 Å². The van der Waals surface area contributed by atoms with Crippen LogP contribution >= 0.6 is 15.9 Å². The predicted molar refractivity (Wildman–Crippen MR) is 133 cm³/mol. The van der Waals surface area contributed by atoms with Crippen LogP contribution in [0.25, 0.3) is 10.9 Å². The van der Waals surface area contributed by atoms with E-state index in [1.165, 1.54) is 60.1 Å². The zero-order valence-corrected chi connectivity index (χ0v) is 19.7. The summed E-state index contributed by atoms with van der Waals surface area (Å²) in [7, 11) is 0. The van der Waals surface area contributed by atoms with Crippen LogP contribution in [0.5, 0.6) is 0 Å². The molecule has 2 aromatic carbocycles. The van der Waals surface area contributed by atoms with E-state index in [1.807, 2.05) is 0 Å². The molecule has 1 unspecified atom stereocenters. The standard InChI is InChI=1S/C27H28BrN3O/c28-19-7-9-24-21(16-19)23(17-29-24)26-20-10-14-32-27(20)22-15-18(6-8-25(22)30-26)5-4-13-31-11-2-1-3-12-31/h6-9,15-17,20,26-27,29-30H,1-3,10-14H2/t20-,26?,27-/m0/s1. The first-order valence-electron chi connectivity index (χ1n) is 11.8. The second-order valence-corrected chi connectivity index (χ2v) is 10.2. The molecule has 2 fully saturated rings. The molecular weight excluding hydrogens is 462 g/mol. The van der Waals surface area contributed by atoms with Crippen LogP contribution in [0.15, 0.2) is 47.1 Å². The second-order valence-electron chi connectivity index (χ2n) is 9.24. The lowest BCUT2D eigenvalue weighted by molar-refractivity contribution is 0.0830. The maximum Gasteiger partial charge on any atom is 0.0897 e. The van der Waals surface area contributed by atoms with E-state index in [4.69, 9.17) is 4.74 Å². The maximum absolute atomic E-state index is 6.29. The van der Waals surface area contributed by atoms with Gasteiger partial charge in [0, 0.05) is 56.5 Å². The zero-order valence-electron chi connectivity index (χ0n) is 18.2. The van der Waals surface area contributed by atoms with Crippen LogP contribution in [0, 0.1) is 17.8 Å². The molecule has 1 aromatic heterocycles. The number of H-pyrrole nitrogens is 1. The van der Waals surface area contributed by atoms with Gasteiger partial charge in [-0.25, -0.2) is 0 Å². The number of nitrogens with zero attached hydrogens (tertiary/aromatic N) is 1. The first-order chi connectivity index (χ1) is 15.8. The molecule has 0 spiro atoms. The summed E-state index contributed by atoms with van der Waals surface area (Å²) < 4.78 is 7.39. The minimum Gasteiger partial charge on any atom is -0.377 e. The molecule has 0 saturated carbocycles. The molecule has 2 N–H and O–H groups in total. The van der Waals surface area contributed by atoms with Gasteiger partial charge in [0.1, 0.15) is 0 Å². The van der Waals surface area contributed by atoms with E-state index in [0.717, 1.165) is 29.6 Å². The van der Waals surface area contributed by atoms with Crippen molar-refractivity contribution in [3.63, 3.8) is 0 Å². The third kappa shape index (κ3) is 3.75. The summed E-state index contributed by atoms with van der Waals surface area (Å²) in [6, 6.07) is 13.2. The summed E-state index contributed by atoms with van der Waals surface area (Å²) in [6.07, 6.45) is 7.32. The Hall–Kier alpha value is -2.26. The predicted octanol–water partition coefficient (Wildman–Crippen LogP) is 6.01. The SMILES string of the molecule is Brc1ccc2[nH]cc(C3Nc4ccc(C#CCN5CCCCC5)cc4[C@H]4OCC[C@@H]34)c2c1. The van der Waals surface area contributed by atoms with Gasteiger partial charge in [-0.05, 0) is 68.8 Å². The number of likely N-dealkylation sites (tertiary alicyclic amines) is 1. The number of aromatic amines is 1. The van der Waals surface area contributed by atoms with Crippen molar-refractivity contribution in [3.05, 3.63) is 63.8 Å². The van der Waals surface area contributed by atoms with E-state index in [9.17, 15) is 0 Å². The van der Waals surface area contributed by atoms with Crippen molar-refractivity contribution in [2.75, 3.05) is 31.6 Å². The van der Waals surface area contributed by atoms with Crippen LogP contribution in [0.2, 0.25) is 0 Å². The summed E-state index contributed by atoms with van der Waals surface area (Å²) in [5.74, 6) is 7.22. The van der Waals surface area contributed by atoms with Crippen LogP contribution in [0.3, 0.4) is 0 Å². The number of piperidine rings is 1. The lowest BCUT2D eigenvalue weighted by atomic mass is 9.80. The first kappa shape index (κ1) is 20.4. The number of aromatic nitrogens is 1. The molecule has 3 atom stereocenters. The number of anilines is 1. The van der Waals surface area contributed by atoms with Gasteiger partial charge in [0.05, 0.1) is 18.7 Å². The molecule has 0 aliphatic carbocycles. The van der Waals surface area contributed by atoms with Crippen molar-refractivity contribution in [2.24, 2.45) is 5.92 Å². The summed E-state index contributed by atoms with van der Waals surface area (Å²) in [5, 5.41) is 5.12. The summed E-state index contributed by atoms with van der Waals surface area (Å²) in [4.78, 5) is 5.92. The summed E-state index contributed by atoms with van der Waals surface area (Å²) >= 11 is 3.64. The van der Waals surface area contributed by atoms with Crippen molar-refractivity contribution < 1.29 is 4.74 Å².